The Bertz CT molecular complexity index is 685. The van der Waals surface area contributed by atoms with Gasteiger partial charge in [0.05, 0.1) is 11.3 Å². The fourth-order valence-electron chi connectivity index (χ4n) is 3.58. The third kappa shape index (κ3) is 4.50. The van der Waals surface area contributed by atoms with Gasteiger partial charge >= 0.3 is 0 Å². The van der Waals surface area contributed by atoms with Gasteiger partial charge in [0.15, 0.2) is 0 Å². The highest BCUT2D eigenvalue weighted by Crippen LogP contribution is 2.31. The molecule has 0 radical (unpaired) electrons. The van der Waals surface area contributed by atoms with Gasteiger partial charge in [-0.3, -0.25) is 10.00 Å². The first-order chi connectivity index (χ1) is 11.7. The van der Waals surface area contributed by atoms with Gasteiger partial charge in [-0.2, -0.15) is 5.10 Å². The number of benzene rings is 1. The maximum atomic E-state index is 10.8. The van der Waals surface area contributed by atoms with Crippen LogP contribution in [0.4, 0.5) is 0 Å². The summed E-state index contributed by atoms with van der Waals surface area (Å²) in [5, 5.41) is 18.5. The van der Waals surface area contributed by atoms with Gasteiger partial charge < -0.3 is 5.11 Å². The molecule has 0 aliphatic carbocycles. The normalized spacial score (nSPS) is 25.2. The molecule has 1 saturated heterocycles. The Morgan fingerprint density at radius 2 is 2.00 bits per heavy atom. The van der Waals surface area contributed by atoms with E-state index < -0.39 is 5.60 Å². The molecule has 2 N–H and O–H groups in total. The monoisotopic (exact) mass is 341 g/mol. The second kappa shape index (κ2) is 6.93. The van der Waals surface area contributed by atoms with E-state index in [4.69, 9.17) is 0 Å². The van der Waals surface area contributed by atoms with Crippen molar-refractivity contribution in [3.05, 3.63) is 53.3 Å². The first kappa shape index (κ1) is 18.2. The molecule has 0 amide bonds. The molecular formula is C21H31N3O. The van der Waals surface area contributed by atoms with E-state index in [2.05, 4.69) is 66.2 Å². The number of hydrogen-bond acceptors (Lipinski definition) is 3. The van der Waals surface area contributed by atoms with Crippen LogP contribution in [0.2, 0.25) is 0 Å². The Balaban J connectivity index is 1.66. The molecule has 1 aliphatic heterocycles. The second-order valence-electron chi connectivity index (χ2n) is 8.76. The van der Waals surface area contributed by atoms with Crippen molar-refractivity contribution < 1.29 is 5.11 Å². The zero-order valence-electron chi connectivity index (χ0n) is 15.9. The summed E-state index contributed by atoms with van der Waals surface area (Å²) in [7, 11) is 0. The molecule has 2 atom stereocenters. The molecule has 3 rings (SSSR count). The van der Waals surface area contributed by atoms with Crippen LogP contribution < -0.4 is 0 Å². The minimum absolute atomic E-state index is 0.0656. The molecule has 1 fully saturated rings. The lowest BCUT2D eigenvalue weighted by atomic mass is 9.79. The average molecular weight is 341 g/mol. The van der Waals surface area contributed by atoms with E-state index in [0.717, 1.165) is 43.9 Å². The molecule has 136 valence electrons. The van der Waals surface area contributed by atoms with Crippen LogP contribution in [0.3, 0.4) is 0 Å². The van der Waals surface area contributed by atoms with Crippen LogP contribution in [0, 0.1) is 5.92 Å². The number of hydrogen-bond donors (Lipinski definition) is 2. The van der Waals surface area contributed by atoms with Gasteiger partial charge in [-0.05, 0) is 31.4 Å². The van der Waals surface area contributed by atoms with E-state index in [1.54, 1.807) is 0 Å². The van der Waals surface area contributed by atoms with Crippen molar-refractivity contribution >= 4 is 0 Å². The molecular weight excluding hydrogens is 310 g/mol. The lowest BCUT2D eigenvalue weighted by molar-refractivity contribution is -0.0596. The Kier molecular flexibility index (Phi) is 5.03. The van der Waals surface area contributed by atoms with Crippen molar-refractivity contribution in [2.24, 2.45) is 5.92 Å². The van der Waals surface area contributed by atoms with E-state index in [0.29, 0.717) is 0 Å². The number of rotatable bonds is 4. The third-order valence-corrected chi connectivity index (χ3v) is 5.41. The van der Waals surface area contributed by atoms with E-state index in [-0.39, 0.29) is 11.3 Å². The zero-order valence-corrected chi connectivity index (χ0v) is 15.9. The average Bonchev–Trinajstić information content (AvgIpc) is 3.01. The topological polar surface area (TPSA) is 52.1 Å². The van der Waals surface area contributed by atoms with Crippen LogP contribution in [0.25, 0.3) is 0 Å². The standard InChI is InChI=1S/C21H31N3O/c1-20(2,3)19-13-18(22-23-19)15-24-11-10-21(4,25)17(14-24)12-16-8-6-5-7-9-16/h5-9,13,17,25H,10-12,14-15H2,1-4H3,(H,22,23)/t17-,21+/m1/s1. The number of piperidine rings is 1. The summed E-state index contributed by atoms with van der Waals surface area (Å²) in [5.74, 6) is 0.244. The number of nitrogens with one attached hydrogen (secondary N) is 1. The first-order valence-electron chi connectivity index (χ1n) is 9.27. The highest BCUT2D eigenvalue weighted by Gasteiger charge is 2.37. The van der Waals surface area contributed by atoms with Gasteiger partial charge in [0.1, 0.15) is 0 Å². The van der Waals surface area contributed by atoms with Gasteiger partial charge in [-0.15, -0.1) is 0 Å². The molecule has 0 unspecified atom stereocenters. The van der Waals surface area contributed by atoms with Crippen molar-refractivity contribution in [3.63, 3.8) is 0 Å². The maximum absolute atomic E-state index is 10.8. The lowest BCUT2D eigenvalue weighted by Crippen LogP contribution is -2.50. The van der Waals surface area contributed by atoms with Crippen LogP contribution in [0.1, 0.15) is 51.1 Å². The van der Waals surface area contributed by atoms with Gasteiger partial charge in [0.2, 0.25) is 0 Å². The van der Waals surface area contributed by atoms with Crippen LogP contribution in [0.15, 0.2) is 36.4 Å². The fraction of sp³-hybridized carbons (Fsp3) is 0.571. The Labute approximate surface area is 151 Å². The second-order valence-corrected chi connectivity index (χ2v) is 8.76. The molecule has 0 bridgehead atoms. The largest absolute Gasteiger partial charge is 0.390 e. The molecule has 4 nitrogen and oxygen atoms in total. The molecule has 2 heterocycles. The minimum Gasteiger partial charge on any atom is -0.390 e. The highest BCUT2D eigenvalue weighted by molar-refractivity contribution is 5.18. The van der Waals surface area contributed by atoms with Gasteiger partial charge in [0, 0.05) is 36.7 Å². The number of aromatic nitrogens is 2. The van der Waals surface area contributed by atoms with Crippen molar-refractivity contribution in [2.75, 3.05) is 13.1 Å². The van der Waals surface area contributed by atoms with Crippen molar-refractivity contribution in [1.29, 1.82) is 0 Å². The van der Waals surface area contributed by atoms with E-state index in [1.165, 1.54) is 5.56 Å². The highest BCUT2D eigenvalue weighted by atomic mass is 16.3. The summed E-state index contributed by atoms with van der Waals surface area (Å²) in [6.45, 7) is 11.2. The minimum atomic E-state index is -0.600. The number of H-pyrrole nitrogens is 1. The molecule has 2 aromatic rings. The predicted octanol–water partition coefficient (Wildman–Crippen LogP) is 3.52. The Hall–Kier alpha value is -1.65. The molecule has 0 spiro atoms. The number of aliphatic hydroxyl groups is 1. The first-order valence-corrected chi connectivity index (χ1v) is 9.27. The van der Waals surface area contributed by atoms with E-state index in [1.807, 2.05) is 13.0 Å². The molecule has 4 heteroatoms. The molecule has 1 aliphatic rings. The van der Waals surface area contributed by atoms with E-state index >= 15 is 0 Å². The van der Waals surface area contributed by atoms with Crippen LogP contribution in [-0.4, -0.2) is 38.9 Å². The maximum Gasteiger partial charge on any atom is 0.0678 e. The lowest BCUT2D eigenvalue weighted by Gasteiger charge is -2.42. The van der Waals surface area contributed by atoms with Crippen LogP contribution in [-0.2, 0) is 18.4 Å². The van der Waals surface area contributed by atoms with Gasteiger partial charge in [-0.1, -0.05) is 51.1 Å². The van der Waals surface area contributed by atoms with Crippen LogP contribution in [0.5, 0.6) is 0 Å². The summed E-state index contributed by atoms with van der Waals surface area (Å²) in [6, 6.07) is 12.7. The Morgan fingerprint density at radius 1 is 1.28 bits per heavy atom. The summed E-state index contributed by atoms with van der Waals surface area (Å²) < 4.78 is 0. The van der Waals surface area contributed by atoms with Gasteiger partial charge in [0.25, 0.3) is 0 Å². The number of nitrogens with zero attached hydrogens (tertiary/aromatic N) is 2. The summed E-state index contributed by atoms with van der Waals surface area (Å²) in [4.78, 5) is 2.44. The molecule has 1 aromatic heterocycles. The number of aromatic amines is 1. The summed E-state index contributed by atoms with van der Waals surface area (Å²) in [6.07, 6.45) is 1.73. The fourth-order valence-corrected chi connectivity index (χ4v) is 3.58. The smallest absolute Gasteiger partial charge is 0.0678 e. The summed E-state index contributed by atoms with van der Waals surface area (Å²) in [5.41, 5.74) is 3.02. The quantitative estimate of drug-likeness (QED) is 0.894. The molecule has 0 saturated carbocycles. The zero-order chi connectivity index (χ0) is 18.1. The molecule has 1 aromatic carbocycles. The molecule has 25 heavy (non-hydrogen) atoms. The van der Waals surface area contributed by atoms with Crippen molar-refractivity contribution in [2.45, 2.75) is 58.1 Å². The van der Waals surface area contributed by atoms with E-state index in [9.17, 15) is 5.11 Å². The van der Waals surface area contributed by atoms with Crippen LogP contribution >= 0.6 is 0 Å². The number of likely N-dealkylation sites (tertiary alicyclic amines) is 1. The van der Waals surface area contributed by atoms with Gasteiger partial charge in [-0.25, -0.2) is 0 Å². The SMILES string of the molecule is CC(C)(C)c1cc(CN2CC[C@](C)(O)[C@H](Cc3ccccc3)C2)[nH]n1. The van der Waals surface area contributed by atoms with Crippen molar-refractivity contribution in [1.82, 2.24) is 15.1 Å². The predicted molar refractivity (Wildman–Crippen MR) is 101 cm³/mol. The van der Waals surface area contributed by atoms with Crippen molar-refractivity contribution in [3.8, 4) is 0 Å². The Morgan fingerprint density at radius 3 is 2.64 bits per heavy atom. The summed E-state index contributed by atoms with van der Waals surface area (Å²) >= 11 is 0. The third-order valence-electron chi connectivity index (χ3n) is 5.41.